The molecule has 0 spiro atoms. The van der Waals surface area contributed by atoms with Gasteiger partial charge in [-0.2, -0.15) is 0 Å². The zero-order chi connectivity index (χ0) is 11.4. The maximum atomic E-state index is 11.2. The van der Waals surface area contributed by atoms with Crippen LogP contribution in [0.4, 0.5) is 0 Å². The van der Waals surface area contributed by atoms with Crippen LogP contribution in [-0.4, -0.2) is 43.0 Å². The lowest BCUT2D eigenvalue weighted by atomic mass is 9.99. The molecule has 0 aromatic heterocycles. The van der Waals surface area contributed by atoms with Gasteiger partial charge in [-0.3, -0.25) is 4.79 Å². The molecule has 4 nitrogen and oxygen atoms in total. The molecule has 1 rings (SSSR count). The molecule has 15 heavy (non-hydrogen) atoms. The van der Waals surface area contributed by atoms with Gasteiger partial charge in [0, 0.05) is 6.04 Å². The fourth-order valence-corrected chi connectivity index (χ4v) is 2.03. The van der Waals surface area contributed by atoms with E-state index in [-0.39, 0.29) is 17.9 Å². The maximum Gasteiger partial charge on any atom is 0.234 e. The Morgan fingerprint density at radius 3 is 2.33 bits per heavy atom. The van der Waals surface area contributed by atoms with Crippen molar-refractivity contribution in [2.75, 3.05) is 20.1 Å². The number of primary amides is 1. The third-order valence-corrected chi connectivity index (χ3v) is 3.11. The van der Waals surface area contributed by atoms with E-state index in [1.54, 1.807) is 0 Å². The van der Waals surface area contributed by atoms with E-state index in [0.717, 1.165) is 25.9 Å². The van der Waals surface area contributed by atoms with Gasteiger partial charge in [-0.15, -0.1) is 0 Å². The molecule has 0 aliphatic carbocycles. The molecule has 1 fully saturated rings. The Bertz CT molecular complexity index is 210. The number of rotatable bonds is 4. The van der Waals surface area contributed by atoms with Crippen LogP contribution in [0.15, 0.2) is 0 Å². The molecule has 1 saturated heterocycles. The van der Waals surface area contributed by atoms with Gasteiger partial charge >= 0.3 is 0 Å². The summed E-state index contributed by atoms with van der Waals surface area (Å²) in [7, 11) is 2.13. The van der Waals surface area contributed by atoms with Crippen molar-refractivity contribution in [3.8, 4) is 0 Å². The second-order valence-electron chi connectivity index (χ2n) is 4.87. The van der Waals surface area contributed by atoms with Gasteiger partial charge in [0.1, 0.15) is 0 Å². The van der Waals surface area contributed by atoms with Crippen molar-refractivity contribution in [3.05, 3.63) is 0 Å². The van der Waals surface area contributed by atoms with Gasteiger partial charge in [-0.1, -0.05) is 13.8 Å². The van der Waals surface area contributed by atoms with Gasteiger partial charge in [0.25, 0.3) is 0 Å². The lowest BCUT2D eigenvalue weighted by Crippen LogP contribution is -2.52. The van der Waals surface area contributed by atoms with Crippen LogP contribution in [0.3, 0.4) is 0 Å². The largest absolute Gasteiger partial charge is 0.368 e. The number of carbonyl (C=O) groups excluding carboxylic acids is 1. The Morgan fingerprint density at radius 1 is 1.40 bits per heavy atom. The standard InChI is InChI=1S/C11H23N3O/c1-8(2)10(11(12)15)13-9-4-6-14(3)7-5-9/h8-10,13H,4-7H2,1-3H3,(H2,12,15). The second-order valence-corrected chi connectivity index (χ2v) is 4.87. The molecule has 1 amide bonds. The topological polar surface area (TPSA) is 58.4 Å². The molecule has 1 aliphatic heterocycles. The lowest BCUT2D eigenvalue weighted by Gasteiger charge is -2.32. The van der Waals surface area contributed by atoms with Crippen molar-refractivity contribution >= 4 is 5.91 Å². The third kappa shape index (κ3) is 3.80. The summed E-state index contributed by atoms with van der Waals surface area (Å²) >= 11 is 0. The summed E-state index contributed by atoms with van der Waals surface area (Å²) in [6.07, 6.45) is 2.21. The van der Waals surface area contributed by atoms with Crippen molar-refractivity contribution < 1.29 is 4.79 Å². The summed E-state index contributed by atoms with van der Waals surface area (Å²) in [5.41, 5.74) is 5.37. The summed E-state index contributed by atoms with van der Waals surface area (Å²) in [5, 5.41) is 3.37. The molecular formula is C11H23N3O. The molecule has 0 saturated carbocycles. The summed E-state index contributed by atoms with van der Waals surface area (Å²) in [5.74, 6) is 0.0334. The number of carbonyl (C=O) groups is 1. The molecule has 3 N–H and O–H groups in total. The van der Waals surface area contributed by atoms with Gasteiger partial charge in [0.15, 0.2) is 0 Å². The number of nitrogens with one attached hydrogen (secondary N) is 1. The quantitative estimate of drug-likeness (QED) is 0.700. The smallest absolute Gasteiger partial charge is 0.234 e. The first-order chi connectivity index (χ1) is 7.00. The second kappa shape index (κ2) is 5.47. The average Bonchev–Trinajstić information content (AvgIpc) is 2.15. The Morgan fingerprint density at radius 2 is 1.93 bits per heavy atom. The van der Waals surface area contributed by atoms with Crippen LogP contribution in [-0.2, 0) is 4.79 Å². The number of amides is 1. The van der Waals surface area contributed by atoms with Crippen LogP contribution in [0.5, 0.6) is 0 Å². The van der Waals surface area contributed by atoms with E-state index < -0.39 is 0 Å². The van der Waals surface area contributed by atoms with E-state index in [0.29, 0.717) is 6.04 Å². The van der Waals surface area contributed by atoms with E-state index in [1.807, 2.05) is 13.8 Å². The van der Waals surface area contributed by atoms with Crippen molar-refractivity contribution in [2.24, 2.45) is 11.7 Å². The summed E-state index contributed by atoms with van der Waals surface area (Å²) < 4.78 is 0. The number of hydrogen-bond donors (Lipinski definition) is 2. The van der Waals surface area contributed by atoms with Crippen molar-refractivity contribution in [1.82, 2.24) is 10.2 Å². The van der Waals surface area contributed by atoms with Gasteiger partial charge in [-0.25, -0.2) is 0 Å². The number of likely N-dealkylation sites (tertiary alicyclic amines) is 1. The zero-order valence-corrected chi connectivity index (χ0v) is 9.99. The van der Waals surface area contributed by atoms with Crippen LogP contribution < -0.4 is 11.1 Å². The van der Waals surface area contributed by atoms with Crippen LogP contribution >= 0.6 is 0 Å². The summed E-state index contributed by atoms with van der Waals surface area (Å²) in [4.78, 5) is 13.5. The first kappa shape index (κ1) is 12.5. The highest BCUT2D eigenvalue weighted by atomic mass is 16.1. The highest BCUT2D eigenvalue weighted by Crippen LogP contribution is 2.11. The van der Waals surface area contributed by atoms with Gasteiger partial charge in [-0.05, 0) is 38.9 Å². The molecule has 4 heteroatoms. The van der Waals surface area contributed by atoms with E-state index in [2.05, 4.69) is 17.3 Å². The van der Waals surface area contributed by atoms with Gasteiger partial charge < -0.3 is 16.0 Å². The molecule has 1 atom stereocenters. The van der Waals surface area contributed by atoms with E-state index in [9.17, 15) is 4.79 Å². The molecular weight excluding hydrogens is 190 g/mol. The lowest BCUT2D eigenvalue weighted by molar-refractivity contribution is -0.121. The summed E-state index contributed by atoms with van der Waals surface area (Å²) in [6, 6.07) is 0.263. The molecule has 1 unspecified atom stereocenters. The van der Waals surface area contributed by atoms with Gasteiger partial charge in [0.05, 0.1) is 6.04 Å². The molecule has 1 heterocycles. The van der Waals surface area contributed by atoms with Crippen molar-refractivity contribution in [1.29, 1.82) is 0 Å². The number of piperidine rings is 1. The average molecular weight is 213 g/mol. The van der Waals surface area contributed by atoms with Gasteiger partial charge in [0.2, 0.25) is 5.91 Å². The van der Waals surface area contributed by atoms with Crippen LogP contribution in [0, 0.1) is 5.92 Å². The SMILES string of the molecule is CC(C)C(NC1CCN(C)CC1)C(N)=O. The highest BCUT2D eigenvalue weighted by molar-refractivity contribution is 5.80. The predicted molar refractivity (Wildman–Crippen MR) is 61.5 cm³/mol. The van der Waals surface area contributed by atoms with Crippen LogP contribution in [0.2, 0.25) is 0 Å². The molecule has 1 aliphatic rings. The third-order valence-electron chi connectivity index (χ3n) is 3.11. The zero-order valence-electron chi connectivity index (χ0n) is 9.99. The Kier molecular flexibility index (Phi) is 4.54. The maximum absolute atomic E-state index is 11.2. The fraction of sp³-hybridized carbons (Fsp3) is 0.909. The normalized spacial score (nSPS) is 21.9. The van der Waals surface area contributed by atoms with Crippen molar-refractivity contribution in [3.63, 3.8) is 0 Å². The fourth-order valence-electron chi connectivity index (χ4n) is 2.03. The van der Waals surface area contributed by atoms with Crippen LogP contribution in [0.1, 0.15) is 26.7 Å². The van der Waals surface area contributed by atoms with E-state index in [1.165, 1.54) is 0 Å². The molecule has 0 aromatic carbocycles. The number of nitrogens with zero attached hydrogens (tertiary/aromatic N) is 1. The van der Waals surface area contributed by atoms with Crippen LogP contribution in [0.25, 0.3) is 0 Å². The molecule has 0 radical (unpaired) electrons. The predicted octanol–water partition coefficient (Wildman–Crippen LogP) is 0.180. The Labute approximate surface area is 92.2 Å². The molecule has 0 bridgehead atoms. The first-order valence-corrected chi connectivity index (χ1v) is 5.74. The molecule has 0 aromatic rings. The Hall–Kier alpha value is -0.610. The van der Waals surface area contributed by atoms with E-state index >= 15 is 0 Å². The first-order valence-electron chi connectivity index (χ1n) is 5.74. The Balaban J connectivity index is 2.41. The number of hydrogen-bond acceptors (Lipinski definition) is 3. The highest BCUT2D eigenvalue weighted by Gasteiger charge is 2.24. The summed E-state index contributed by atoms with van der Waals surface area (Å²) in [6.45, 7) is 6.25. The van der Waals surface area contributed by atoms with Crippen molar-refractivity contribution in [2.45, 2.75) is 38.8 Å². The minimum absolute atomic E-state index is 0.182. The minimum Gasteiger partial charge on any atom is -0.368 e. The number of nitrogens with two attached hydrogens (primary N) is 1. The monoisotopic (exact) mass is 213 g/mol. The molecule has 88 valence electrons. The van der Waals surface area contributed by atoms with E-state index in [4.69, 9.17) is 5.73 Å². The minimum atomic E-state index is -0.232.